The molecule has 5 heteroatoms. The quantitative estimate of drug-likeness (QED) is 0.176. The smallest absolute Gasteiger partial charge is 0.161 e. The van der Waals surface area contributed by atoms with Crippen LogP contribution in [0.15, 0.2) is 140 Å². The predicted octanol–water partition coefficient (Wildman–Crippen LogP) is 14.0. The van der Waals surface area contributed by atoms with E-state index in [1.807, 2.05) is 24.5 Å². The Morgan fingerprint density at radius 1 is 0.552 bits per heavy atom. The molecule has 58 heavy (non-hydrogen) atoms. The summed E-state index contributed by atoms with van der Waals surface area (Å²) < 4.78 is 2.17. The molecular weight excluding hydrogens is 709 g/mol. The van der Waals surface area contributed by atoms with Crippen molar-refractivity contribution in [3.05, 3.63) is 156 Å². The Kier molecular flexibility index (Phi) is 9.88. The standard InChI is InChI=1S/C53H52N4O/c1-33(2)57-50(45-29-42(52(4,5)6)30-46(49(45)58)53(7,8)9)56-48-43(24-25-54-51(48)57)40-26-39(36-18-14-11-15-19-36)27-41(28-40)47-31-44(34(3)32-55-47)38-22-20-37(21-23-38)35-16-12-10-13-17-35/h10-33,58H,1-9H3. The van der Waals surface area contributed by atoms with Gasteiger partial charge in [-0.3, -0.25) is 4.98 Å². The Morgan fingerprint density at radius 2 is 1.14 bits per heavy atom. The Morgan fingerprint density at radius 3 is 1.76 bits per heavy atom. The van der Waals surface area contributed by atoms with E-state index in [0.29, 0.717) is 5.82 Å². The van der Waals surface area contributed by atoms with E-state index < -0.39 is 0 Å². The first-order chi connectivity index (χ1) is 27.7. The summed E-state index contributed by atoms with van der Waals surface area (Å²) in [5.41, 5.74) is 15.8. The number of aryl methyl sites for hydroxylation is 1. The van der Waals surface area contributed by atoms with Crippen LogP contribution in [0.2, 0.25) is 0 Å². The van der Waals surface area contributed by atoms with Crippen LogP contribution in [0.5, 0.6) is 5.75 Å². The van der Waals surface area contributed by atoms with Crippen molar-refractivity contribution in [2.45, 2.75) is 79.2 Å². The number of phenolic OH excluding ortho intramolecular Hbond substituents is 1. The number of hydrogen-bond acceptors (Lipinski definition) is 4. The molecule has 0 aliphatic rings. The molecule has 5 aromatic carbocycles. The molecule has 0 radical (unpaired) electrons. The van der Waals surface area contributed by atoms with Gasteiger partial charge in [-0.2, -0.15) is 0 Å². The second-order valence-electron chi connectivity index (χ2n) is 17.8. The van der Waals surface area contributed by atoms with Crippen molar-refractivity contribution < 1.29 is 5.11 Å². The Balaban J connectivity index is 1.31. The summed E-state index contributed by atoms with van der Waals surface area (Å²) in [6, 6.07) is 45.1. The number of rotatable bonds is 7. The molecule has 0 spiro atoms. The van der Waals surface area contributed by atoms with Gasteiger partial charge in [0.15, 0.2) is 5.65 Å². The molecule has 0 amide bonds. The molecule has 3 heterocycles. The van der Waals surface area contributed by atoms with E-state index in [4.69, 9.17) is 15.0 Å². The zero-order valence-electron chi connectivity index (χ0n) is 35.1. The third kappa shape index (κ3) is 7.33. The van der Waals surface area contributed by atoms with E-state index >= 15 is 0 Å². The Labute approximate surface area is 343 Å². The Bertz CT molecular complexity index is 2770. The molecule has 0 aliphatic carbocycles. The highest BCUT2D eigenvalue weighted by Crippen LogP contribution is 2.44. The fraction of sp³-hybridized carbons (Fsp3) is 0.226. The number of hydrogen-bond donors (Lipinski definition) is 1. The average Bonchev–Trinajstić information content (AvgIpc) is 3.61. The van der Waals surface area contributed by atoms with Crippen LogP contribution in [0.1, 0.15) is 78.1 Å². The maximum Gasteiger partial charge on any atom is 0.161 e. The summed E-state index contributed by atoms with van der Waals surface area (Å²) >= 11 is 0. The number of fused-ring (bicyclic) bond motifs is 1. The lowest BCUT2D eigenvalue weighted by Crippen LogP contribution is -2.17. The third-order valence-electron chi connectivity index (χ3n) is 11.2. The van der Waals surface area contributed by atoms with Crippen LogP contribution in [0, 0.1) is 6.92 Å². The molecule has 5 nitrogen and oxygen atoms in total. The zero-order chi connectivity index (χ0) is 40.9. The number of nitrogens with zero attached hydrogens (tertiary/aromatic N) is 4. The van der Waals surface area contributed by atoms with Crippen LogP contribution in [0.4, 0.5) is 0 Å². The van der Waals surface area contributed by atoms with Gasteiger partial charge in [0.1, 0.15) is 17.1 Å². The zero-order valence-corrected chi connectivity index (χ0v) is 35.1. The molecule has 0 fully saturated rings. The molecule has 290 valence electrons. The summed E-state index contributed by atoms with van der Waals surface area (Å²) in [5, 5.41) is 12.0. The van der Waals surface area contributed by atoms with E-state index in [9.17, 15) is 5.11 Å². The molecule has 0 aliphatic heterocycles. The minimum atomic E-state index is -0.276. The number of aromatic hydroxyl groups is 1. The average molecular weight is 761 g/mol. The first kappa shape index (κ1) is 38.5. The van der Waals surface area contributed by atoms with Crippen molar-refractivity contribution in [3.63, 3.8) is 0 Å². The molecule has 8 rings (SSSR count). The molecule has 0 bridgehead atoms. The van der Waals surface area contributed by atoms with Crippen molar-refractivity contribution in [1.82, 2.24) is 19.5 Å². The summed E-state index contributed by atoms with van der Waals surface area (Å²) in [6.07, 6.45) is 3.86. The second kappa shape index (κ2) is 14.9. The van der Waals surface area contributed by atoms with Crippen molar-refractivity contribution >= 4 is 11.2 Å². The maximum absolute atomic E-state index is 12.0. The topological polar surface area (TPSA) is 63.8 Å². The lowest BCUT2D eigenvalue weighted by molar-refractivity contribution is 0.445. The summed E-state index contributed by atoms with van der Waals surface area (Å²) in [7, 11) is 0. The van der Waals surface area contributed by atoms with E-state index in [1.54, 1.807) is 0 Å². The first-order valence-electron chi connectivity index (χ1n) is 20.3. The molecule has 0 saturated carbocycles. The van der Waals surface area contributed by atoms with Crippen LogP contribution in [-0.2, 0) is 10.8 Å². The number of benzene rings is 5. The molecule has 1 N–H and O–H groups in total. The predicted molar refractivity (Wildman–Crippen MR) is 242 cm³/mol. The summed E-state index contributed by atoms with van der Waals surface area (Å²) in [6.45, 7) is 19.5. The van der Waals surface area contributed by atoms with Gasteiger partial charge in [0.25, 0.3) is 0 Å². The van der Waals surface area contributed by atoms with Crippen molar-refractivity contribution in [1.29, 1.82) is 0 Å². The van der Waals surface area contributed by atoms with Crippen LogP contribution >= 0.6 is 0 Å². The fourth-order valence-electron chi connectivity index (χ4n) is 7.90. The SMILES string of the molecule is Cc1cnc(-c2cc(-c3ccccc3)cc(-c3ccnc4c3nc(-c3cc(C(C)(C)C)cc(C(C)(C)C)c3O)n4C(C)C)c2)cc1-c1ccc(-c2ccccc2)cc1. The van der Waals surface area contributed by atoms with Crippen molar-refractivity contribution in [3.8, 4) is 72.9 Å². The van der Waals surface area contributed by atoms with Crippen LogP contribution in [-0.4, -0.2) is 24.6 Å². The maximum atomic E-state index is 12.0. The first-order valence-corrected chi connectivity index (χ1v) is 20.3. The molecule has 0 unspecified atom stereocenters. The number of aromatic nitrogens is 4. The monoisotopic (exact) mass is 760 g/mol. The number of phenols is 1. The minimum Gasteiger partial charge on any atom is -0.507 e. The van der Waals surface area contributed by atoms with Crippen LogP contribution in [0.3, 0.4) is 0 Å². The summed E-state index contributed by atoms with van der Waals surface area (Å²) in [4.78, 5) is 15.4. The highest BCUT2D eigenvalue weighted by molar-refractivity contribution is 5.95. The minimum absolute atomic E-state index is 0.0293. The largest absolute Gasteiger partial charge is 0.507 e. The Hall–Kier alpha value is -6.33. The lowest BCUT2D eigenvalue weighted by Gasteiger charge is -2.27. The van der Waals surface area contributed by atoms with Crippen molar-refractivity contribution in [2.75, 3.05) is 0 Å². The summed E-state index contributed by atoms with van der Waals surface area (Å²) in [5.74, 6) is 0.977. The molecule has 3 aromatic heterocycles. The molecular formula is C53H52N4O. The van der Waals surface area contributed by atoms with Gasteiger partial charge in [0.05, 0.1) is 11.3 Å². The van der Waals surface area contributed by atoms with Gasteiger partial charge < -0.3 is 9.67 Å². The van der Waals surface area contributed by atoms with Gasteiger partial charge in [-0.05, 0) is 118 Å². The number of imidazole rings is 1. The van der Waals surface area contributed by atoms with E-state index in [1.165, 1.54) is 11.1 Å². The molecule has 0 atom stereocenters. The van der Waals surface area contributed by atoms with Gasteiger partial charge in [-0.1, -0.05) is 133 Å². The van der Waals surface area contributed by atoms with Gasteiger partial charge >= 0.3 is 0 Å². The second-order valence-corrected chi connectivity index (χ2v) is 17.8. The molecule has 0 saturated heterocycles. The van der Waals surface area contributed by atoms with E-state index in [0.717, 1.165) is 78.1 Å². The van der Waals surface area contributed by atoms with Crippen LogP contribution in [0.25, 0.3) is 78.3 Å². The fourth-order valence-corrected chi connectivity index (χ4v) is 7.90. The highest BCUT2D eigenvalue weighted by Gasteiger charge is 2.29. The van der Waals surface area contributed by atoms with Crippen LogP contribution < -0.4 is 0 Å². The lowest BCUT2D eigenvalue weighted by atomic mass is 9.79. The van der Waals surface area contributed by atoms with E-state index in [-0.39, 0.29) is 22.6 Å². The van der Waals surface area contributed by atoms with Gasteiger partial charge in [0.2, 0.25) is 0 Å². The van der Waals surface area contributed by atoms with Crippen molar-refractivity contribution in [2.24, 2.45) is 0 Å². The van der Waals surface area contributed by atoms with E-state index in [2.05, 4.69) is 182 Å². The highest BCUT2D eigenvalue weighted by atomic mass is 16.3. The van der Waals surface area contributed by atoms with Gasteiger partial charge in [0, 0.05) is 35.1 Å². The van der Waals surface area contributed by atoms with Gasteiger partial charge in [-0.15, -0.1) is 0 Å². The van der Waals surface area contributed by atoms with Gasteiger partial charge in [-0.25, -0.2) is 9.97 Å². The molecule has 8 aromatic rings. The number of pyridine rings is 2. The normalized spacial score (nSPS) is 12.1. The third-order valence-corrected chi connectivity index (χ3v) is 11.2.